The van der Waals surface area contributed by atoms with Gasteiger partial charge in [0, 0.05) is 22.9 Å². The highest BCUT2D eigenvalue weighted by molar-refractivity contribution is 5.94. The summed E-state index contributed by atoms with van der Waals surface area (Å²) >= 11 is 0. The van der Waals surface area contributed by atoms with E-state index in [0.29, 0.717) is 22.7 Å². The monoisotopic (exact) mass is 278 g/mol. The zero-order valence-corrected chi connectivity index (χ0v) is 12.4. The molecule has 1 amide bonds. The minimum atomic E-state index is -0.600. The predicted molar refractivity (Wildman–Crippen MR) is 79.3 cm³/mol. The van der Waals surface area contributed by atoms with Gasteiger partial charge >= 0.3 is 0 Å². The molecular weight excluding hydrogens is 255 g/mol. The van der Waals surface area contributed by atoms with Crippen molar-refractivity contribution in [2.24, 2.45) is 11.1 Å². The van der Waals surface area contributed by atoms with Crippen LogP contribution < -0.4 is 11.1 Å². The van der Waals surface area contributed by atoms with Gasteiger partial charge in [0.25, 0.3) is 0 Å². The van der Waals surface area contributed by atoms with Crippen molar-refractivity contribution in [1.82, 2.24) is 0 Å². The lowest BCUT2D eigenvalue weighted by molar-refractivity contribution is 0.1000. The van der Waals surface area contributed by atoms with E-state index in [1.807, 2.05) is 0 Å². The van der Waals surface area contributed by atoms with Gasteiger partial charge in [0.1, 0.15) is 5.82 Å². The maximum atomic E-state index is 13.8. The summed E-state index contributed by atoms with van der Waals surface area (Å²) in [6.45, 7) is 6.28. The number of benzene rings is 1. The predicted octanol–water partition coefficient (Wildman–Crippen LogP) is 3.61. The summed E-state index contributed by atoms with van der Waals surface area (Å²) in [4.78, 5) is 11.2. The third-order valence-electron chi connectivity index (χ3n) is 4.33. The Balaban J connectivity index is 2.15. The first kappa shape index (κ1) is 14.8. The van der Waals surface area contributed by atoms with Crippen molar-refractivity contribution in [3.05, 3.63) is 29.1 Å². The highest BCUT2D eigenvalue weighted by Gasteiger charge is 2.27. The standard InChI is InChI=1S/C16H23FN2O/c1-10-13(17)8-11(15(18)20)9-14(10)19-12-4-6-16(2,3)7-5-12/h8-9,12,19H,4-7H2,1-3H3,(H2,18,20). The van der Waals surface area contributed by atoms with Gasteiger partial charge in [0.05, 0.1) is 0 Å². The molecule has 0 aliphatic heterocycles. The van der Waals surface area contributed by atoms with Gasteiger partial charge in [0.2, 0.25) is 5.91 Å². The summed E-state index contributed by atoms with van der Waals surface area (Å²) < 4.78 is 13.8. The molecule has 0 atom stereocenters. The molecular formula is C16H23FN2O. The van der Waals surface area contributed by atoms with Crippen LogP contribution in [-0.2, 0) is 0 Å². The zero-order chi connectivity index (χ0) is 14.9. The number of carbonyl (C=O) groups is 1. The lowest BCUT2D eigenvalue weighted by Crippen LogP contribution is -2.30. The average molecular weight is 278 g/mol. The molecule has 0 heterocycles. The third kappa shape index (κ3) is 3.30. The Morgan fingerprint density at radius 3 is 2.50 bits per heavy atom. The number of anilines is 1. The molecule has 0 radical (unpaired) electrons. The number of hydrogen-bond donors (Lipinski definition) is 2. The molecule has 1 aromatic rings. The van der Waals surface area contributed by atoms with E-state index in [9.17, 15) is 9.18 Å². The van der Waals surface area contributed by atoms with Crippen molar-refractivity contribution in [2.45, 2.75) is 52.5 Å². The normalized spacial score (nSPS) is 18.8. The summed E-state index contributed by atoms with van der Waals surface area (Å²) in [6, 6.07) is 3.19. The Bertz CT molecular complexity index is 515. The third-order valence-corrected chi connectivity index (χ3v) is 4.33. The van der Waals surface area contributed by atoms with Crippen LogP contribution in [-0.4, -0.2) is 11.9 Å². The zero-order valence-electron chi connectivity index (χ0n) is 12.4. The number of amides is 1. The molecule has 20 heavy (non-hydrogen) atoms. The molecule has 0 spiro atoms. The van der Waals surface area contributed by atoms with E-state index >= 15 is 0 Å². The van der Waals surface area contributed by atoms with E-state index in [0.717, 1.165) is 25.7 Å². The van der Waals surface area contributed by atoms with Gasteiger partial charge in [-0.1, -0.05) is 13.8 Å². The van der Waals surface area contributed by atoms with Gasteiger partial charge in [-0.05, 0) is 50.2 Å². The van der Waals surface area contributed by atoms with Gasteiger partial charge < -0.3 is 11.1 Å². The Morgan fingerprint density at radius 2 is 1.95 bits per heavy atom. The first-order chi connectivity index (χ1) is 9.28. The fourth-order valence-electron chi connectivity index (χ4n) is 2.73. The van der Waals surface area contributed by atoms with E-state index in [1.54, 1.807) is 13.0 Å². The van der Waals surface area contributed by atoms with Crippen LogP contribution in [0.15, 0.2) is 12.1 Å². The largest absolute Gasteiger partial charge is 0.382 e. The number of hydrogen-bond acceptors (Lipinski definition) is 2. The van der Waals surface area contributed by atoms with Crippen LogP contribution in [0.1, 0.15) is 55.5 Å². The number of rotatable bonds is 3. The topological polar surface area (TPSA) is 55.1 Å². The molecule has 1 fully saturated rings. The van der Waals surface area contributed by atoms with Crippen LogP contribution in [0.4, 0.5) is 10.1 Å². The lowest BCUT2D eigenvalue weighted by Gasteiger charge is -2.35. The molecule has 1 aromatic carbocycles. The smallest absolute Gasteiger partial charge is 0.248 e. The molecule has 2 rings (SSSR count). The summed E-state index contributed by atoms with van der Waals surface area (Å²) in [5.41, 5.74) is 7.07. The minimum Gasteiger partial charge on any atom is -0.382 e. The number of nitrogens with one attached hydrogen (secondary N) is 1. The molecule has 4 heteroatoms. The van der Waals surface area contributed by atoms with Gasteiger partial charge in [-0.25, -0.2) is 4.39 Å². The number of nitrogens with two attached hydrogens (primary N) is 1. The van der Waals surface area contributed by atoms with Crippen molar-refractivity contribution in [3.8, 4) is 0 Å². The van der Waals surface area contributed by atoms with Crippen LogP contribution in [0.5, 0.6) is 0 Å². The van der Waals surface area contributed by atoms with Crippen LogP contribution in [0.25, 0.3) is 0 Å². The quantitative estimate of drug-likeness (QED) is 0.887. The van der Waals surface area contributed by atoms with Crippen LogP contribution >= 0.6 is 0 Å². The first-order valence-corrected chi connectivity index (χ1v) is 7.15. The number of primary amides is 1. The lowest BCUT2D eigenvalue weighted by atomic mass is 9.75. The molecule has 0 aromatic heterocycles. The molecule has 3 nitrogen and oxygen atoms in total. The van der Waals surface area contributed by atoms with E-state index < -0.39 is 5.91 Å². The number of carbonyl (C=O) groups excluding carboxylic acids is 1. The molecule has 0 unspecified atom stereocenters. The van der Waals surface area contributed by atoms with Crippen LogP contribution in [0, 0.1) is 18.2 Å². The molecule has 1 aliphatic carbocycles. The van der Waals surface area contributed by atoms with Crippen molar-refractivity contribution in [1.29, 1.82) is 0 Å². The summed E-state index contributed by atoms with van der Waals surface area (Å²) in [5, 5.41) is 3.38. The number of halogens is 1. The molecule has 1 aliphatic rings. The van der Waals surface area contributed by atoms with Crippen molar-refractivity contribution in [3.63, 3.8) is 0 Å². The molecule has 1 saturated carbocycles. The second-order valence-corrected chi connectivity index (χ2v) is 6.58. The molecule has 3 N–H and O–H groups in total. The second kappa shape index (κ2) is 5.43. The van der Waals surface area contributed by atoms with E-state index in [-0.39, 0.29) is 11.4 Å². The molecule has 0 saturated heterocycles. The van der Waals surface area contributed by atoms with E-state index in [1.165, 1.54) is 6.07 Å². The van der Waals surface area contributed by atoms with Crippen molar-refractivity contribution >= 4 is 11.6 Å². The SMILES string of the molecule is Cc1c(F)cc(C(N)=O)cc1NC1CCC(C)(C)CC1. The molecule has 0 bridgehead atoms. The fraction of sp³-hybridized carbons (Fsp3) is 0.562. The van der Waals surface area contributed by atoms with Gasteiger partial charge in [-0.15, -0.1) is 0 Å². The van der Waals surface area contributed by atoms with Crippen LogP contribution in [0.3, 0.4) is 0 Å². The molecule has 110 valence electrons. The highest BCUT2D eigenvalue weighted by atomic mass is 19.1. The minimum absolute atomic E-state index is 0.215. The second-order valence-electron chi connectivity index (χ2n) is 6.58. The maximum Gasteiger partial charge on any atom is 0.248 e. The van der Waals surface area contributed by atoms with Crippen molar-refractivity contribution in [2.75, 3.05) is 5.32 Å². The van der Waals surface area contributed by atoms with Crippen LogP contribution in [0.2, 0.25) is 0 Å². The maximum absolute atomic E-state index is 13.8. The summed E-state index contributed by atoms with van der Waals surface area (Å²) in [5.74, 6) is -0.989. The highest BCUT2D eigenvalue weighted by Crippen LogP contribution is 2.36. The van der Waals surface area contributed by atoms with E-state index in [4.69, 9.17) is 5.73 Å². The Morgan fingerprint density at radius 1 is 1.35 bits per heavy atom. The Kier molecular flexibility index (Phi) is 4.02. The Hall–Kier alpha value is -1.58. The van der Waals surface area contributed by atoms with Gasteiger partial charge in [-0.2, -0.15) is 0 Å². The summed E-state index contributed by atoms with van der Waals surface area (Å²) in [7, 11) is 0. The first-order valence-electron chi connectivity index (χ1n) is 7.15. The fourth-order valence-corrected chi connectivity index (χ4v) is 2.73. The van der Waals surface area contributed by atoms with E-state index in [2.05, 4.69) is 19.2 Å². The van der Waals surface area contributed by atoms with Gasteiger partial charge in [-0.3, -0.25) is 4.79 Å². The Labute approximate surface area is 119 Å². The summed E-state index contributed by atoms with van der Waals surface area (Å²) in [6.07, 6.45) is 4.44. The average Bonchev–Trinajstić information content (AvgIpc) is 2.36. The van der Waals surface area contributed by atoms with Crippen molar-refractivity contribution < 1.29 is 9.18 Å². The van der Waals surface area contributed by atoms with Gasteiger partial charge in [0.15, 0.2) is 0 Å².